The summed E-state index contributed by atoms with van der Waals surface area (Å²) in [4.78, 5) is 75.2. The molecular weight excluding hydrogens is 1270 g/mol. The van der Waals surface area contributed by atoms with Gasteiger partial charge in [0.05, 0.1) is 80.0 Å². The Labute approximate surface area is 557 Å². The fraction of sp³-hybridized carbons (Fsp3) is 0.493. The lowest BCUT2D eigenvalue weighted by Gasteiger charge is -2.44. The van der Waals surface area contributed by atoms with Crippen molar-refractivity contribution in [3.05, 3.63) is 139 Å². The highest BCUT2D eigenvalue weighted by molar-refractivity contribution is 7.51. The van der Waals surface area contributed by atoms with E-state index in [9.17, 15) is 24.0 Å². The van der Waals surface area contributed by atoms with E-state index in [0.717, 1.165) is 30.5 Å². The molecule has 28 nitrogen and oxygen atoms in total. The molecule has 0 spiro atoms. The highest BCUT2D eigenvalue weighted by atomic mass is 31.2. The third kappa shape index (κ3) is 19.8. The molecule has 0 bridgehead atoms. The third-order valence-corrected chi connectivity index (χ3v) is 17.8. The molecule has 29 heteroatoms. The van der Waals surface area contributed by atoms with Crippen LogP contribution in [0.3, 0.4) is 0 Å². The minimum atomic E-state index is -4.28. The number of amides is 2. The number of fused-ring (bicyclic) bond motifs is 1. The van der Waals surface area contributed by atoms with Gasteiger partial charge in [-0.15, -0.1) is 0 Å². The molecule has 1 unspecified atom stereocenters. The van der Waals surface area contributed by atoms with Gasteiger partial charge in [0.2, 0.25) is 5.91 Å². The highest BCUT2D eigenvalue weighted by Gasteiger charge is 2.52. The average molecular weight is 1360 g/mol. The number of benzene rings is 4. The lowest BCUT2D eigenvalue weighted by Crippen LogP contribution is -2.66. The summed E-state index contributed by atoms with van der Waals surface area (Å²) < 4.78 is 109. The van der Waals surface area contributed by atoms with Crippen LogP contribution >= 0.6 is 7.75 Å². The fourth-order valence-corrected chi connectivity index (χ4v) is 13.6. The predicted molar refractivity (Wildman–Crippen MR) is 346 cm³/mol. The number of nitrogens with one attached hydrogen (secondary N) is 2. The van der Waals surface area contributed by atoms with Crippen LogP contribution in [0.5, 0.6) is 17.2 Å². The van der Waals surface area contributed by atoms with Gasteiger partial charge in [0.1, 0.15) is 66.4 Å². The minimum absolute atomic E-state index is 0.0105. The van der Waals surface area contributed by atoms with Gasteiger partial charge in [-0.05, 0) is 80.8 Å². The summed E-state index contributed by atoms with van der Waals surface area (Å²) in [5.41, 5.74) is 1.67. The van der Waals surface area contributed by atoms with Gasteiger partial charge in [-0.25, -0.2) is 24.2 Å². The van der Waals surface area contributed by atoms with E-state index >= 15 is 4.57 Å². The summed E-state index contributed by atoms with van der Waals surface area (Å²) in [5.74, 6) is -1.11. The molecule has 4 aromatic carbocycles. The van der Waals surface area contributed by atoms with Crippen molar-refractivity contribution in [1.29, 1.82) is 0 Å². The number of anilines is 1. The first-order valence-corrected chi connectivity index (χ1v) is 33.0. The van der Waals surface area contributed by atoms with E-state index in [-0.39, 0.29) is 103 Å². The van der Waals surface area contributed by atoms with E-state index in [1.54, 1.807) is 54.0 Å². The molecule has 2 aliphatic rings. The first-order chi connectivity index (χ1) is 46.2. The van der Waals surface area contributed by atoms with E-state index in [0.29, 0.717) is 22.9 Å². The number of hydrogen-bond donors (Lipinski definition) is 2. The van der Waals surface area contributed by atoms with Crippen LogP contribution in [0.25, 0.3) is 11.2 Å². The zero-order valence-corrected chi connectivity index (χ0v) is 56.5. The molecule has 6 aromatic rings. The first kappa shape index (κ1) is 73.8. The molecule has 0 radical (unpaired) electrons. The monoisotopic (exact) mass is 1360 g/mol. The van der Waals surface area contributed by atoms with Crippen LogP contribution in [-0.2, 0) is 90.6 Å². The summed E-state index contributed by atoms with van der Waals surface area (Å²) >= 11 is 0. The van der Waals surface area contributed by atoms with Gasteiger partial charge in [0, 0.05) is 46.2 Å². The topological polar surface area (TPSA) is 312 Å². The quantitative estimate of drug-likeness (QED) is 0.0125. The zero-order valence-electron chi connectivity index (χ0n) is 55.6. The van der Waals surface area contributed by atoms with Crippen LogP contribution in [0.2, 0.25) is 0 Å². The number of methoxy groups -OCH3 is 2. The number of hydrogen-bond acceptors (Lipinski definition) is 24. The van der Waals surface area contributed by atoms with Crippen molar-refractivity contribution in [2.75, 3.05) is 92.2 Å². The van der Waals surface area contributed by atoms with Crippen molar-refractivity contribution < 1.29 is 99.2 Å². The predicted octanol–water partition coefficient (Wildman–Crippen LogP) is 7.51. The number of nitrogens with zero attached hydrogens (tertiary/aromatic N) is 5. The summed E-state index contributed by atoms with van der Waals surface area (Å²) in [6.07, 6.45) is -4.68. The molecule has 2 aliphatic heterocycles. The third-order valence-electron chi connectivity index (χ3n) is 15.3. The van der Waals surface area contributed by atoms with Crippen molar-refractivity contribution in [1.82, 2.24) is 29.5 Å². The maximum absolute atomic E-state index is 15.9. The molecule has 4 heterocycles. The van der Waals surface area contributed by atoms with Crippen LogP contribution in [0.1, 0.15) is 84.7 Å². The SMILES string of the molecule is COc1ccc(C(OC[C@H]2O[C@@H](n3cnc4c(NC(=O)COc5ccccc5)ncnc43)C[C@@H]2OP(=O)(OCCOCCOCCOCCO[C@@H]2O[C@H](COC(C)=O)[C@H](OC(C)=O)[C@H](OC(C)=O)[C@H]2NC(C)=O)N(C(C)C)C(C)C)(c2ccccc2)c2ccc(OC)cc2)cc1. The molecule has 2 saturated heterocycles. The number of para-hydroxylation sites is 1. The molecule has 9 atom stereocenters. The number of imidazole rings is 1. The summed E-state index contributed by atoms with van der Waals surface area (Å²) in [6.45, 7) is 12.1. The highest BCUT2D eigenvalue weighted by Crippen LogP contribution is 2.57. The second-order valence-corrected chi connectivity index (χ2v) is 24.7. The van der Waals surface area contributed by atoms with Crippen LogP contribution < -0.4 is 24.8 Å². The molecule has 520 valence electrons. The Bertz CT molecular complexity index is 3440. The molecule has 96 heavy (non-hydrogen) atoms. The second kappa shape index (κ2) is 35.8. The summed E-state index contributed by atoms with van der Waals surface area (Å²) in [6, 6.07) is 32.2. The molecular formula is C67H86N7O21P. The van der Waals surface area contributed by atoms with E-state index in [4.69, 9.17) is 70.6 Å². The maximum Gasteiger partial charge on any atom is 0.409 e. The van der Waals surface area contributed by atoms with E-state index in [2.05, 4.69) is 25.6 Å². The van der Waals surface area contributed by atoms with Crippen LogP contribution in [-0.4, -0.2) is 196 Å². The molecule has 2 fully saturated rings. The Kier molecular flexibility index (Phi) is 27.6. The Hall–Kier alpha value is -7.99. The largest absolute Gasteiger partial charge is 0.497 e. The average Bonchev–Trinajstić information content (AvgIpc) is 1.40. The van der Waals surface area contributed by atoms with Crippen molar-refractivity contribution in [3.8, 4) is 17.2 Å². The molecule has 2 aromatic heterocycles. The zero-order chi connectivity index (χ0) is 68.8. The fourth-order valence-electron chi connectivity index (χ4n) is 11.3. The van der Waals surface area contributed by atoms with Gasteiger partial charge < -0.3 is 72.2 Å². The normalized spacial score (nSPS) is 20.2. The van der Waals surface area contributed by atoms with Gasteiger partial charge in [0.15, 0.2) is 42.1 Å². The van der Waals surface area contributed by atoms with Crippen molar-refractivity contribution >= 4 is 54.5 Å². The van der Waals surface area contributed by atoms with Crippen molar-refractivity contribution in [2.24, 2.45) is 0 Å². The molecule has 0 saturated carbocycles. The van der Waals surface area contributed by atoms with E-state index in [1.807, 2.05) is 113 Å². The Morgan fingerprint density at radius 1 is 0.646 bits per heavy atom. The number of ether oxygens (including phenoxy) is 13. The van der Waals surface area contributed by atoms with Gasteiger partial charge in [0.25, 0.3) is 5.91 Å². The lowest BCUT2D eigenvalue weighted by molar-refractivity contribution is -0.279. The van der Waals surface area contributed by atoms with Gasteiger partial charge in [-0.1, -0.05) is 72.8 Å². The van der Waals surface area contributed by atoms with Crippen LogP contribution in [0, 0.1) is 0 Å². The van der Waals surface area contributed by atoms with E-state index in [1.165, 1.54) is 20.2 Å². The number of carbonyl (C=O) groups is 5. The van der Waals surface area contributed by atoms with Crippen LogP contribution in [0.4, 0.5) is 5.82 Å². The number of aromatic nitrogens is 4. The number of rotatable bonds is 37. The number of carbonyl (C=O) groups excluding carboxylic acids is 5. The van der Waals surface area contributed by atoms with Crippen LogP contribution in [0.15, 0.2) is 122 Å². The molecule has 0 aliphatic carbocycles. The standard InChI is InChI=1S/C67H86N7O21P/c1-43(2)74(44(3)4)96(80,90-36-34-85-32-30-83-29-31-84-33-35-86-66-60(71-45(5)75)63(92-48(8)78)62(91-47(7)77)57(94-66)38-87-46(6)76)95-55-37-59(73-42-70-61-64(68-41-69-65(61)73)72-58(79)40-88-54-19-15-12-16-20-54)93-56(55)39-89-67(49-17-13-11-14-18-49,50-21-25-52(81-9)26-22-50)51-23-27-53(82-10)28-24-51/h11-28,41-44,55-57,59-60,62-63,66H,29-40H2,1-10H3,(H,71,75)(H,68,69,72,79)/t55-,56+,57+,59+,60+,62-,63+,66+,96?/m0/s1. The van der Waals surface area contributed by atoms with Crippen molar-refractivity contribution in [2.45, 2.75) is 129 Å². The minimum Gasteiger partial charge on any atom is -0.497 e. The second-order valence-electron chi connectivity index (χ2n) is 22.8. The Morgan fingerprint density at radius 3 is 1.77 bits per heavy atom. The van der Waals surface area contributed by atoms with Gasteiger partial charge >= 0.3 is 25.7 Å². The first-order valence-electron chi connectivity index (χ1n) is 31.5. The summed E-state index contributed by atoms with van der Waals surface area (Å²) in [5, 5.41) is 5.46. The molecule has 2 N–H and O–H groups in total. The smallest absolute Gasteiger partial charge is 0.409 e. The number of esters is 3. The molecule has 8 rings (SSSR count). The summed E-state index contributed by atoms with van der Waals surface area (Å²) in [7, 11) is -1.07. The lowest BCUT2D eigenvalue weighted by atomic mass is 9.80. The molecule has 2 amide bonds. The maximum atomic E-state index is 15.9. The van der Waals surface area contributed by atoms with E-state index < -0.39 is 92.1 Å². The Morgan fingerprint density at radius 2 is 1.21 bits per heavy atom. The Balaban J connectivity index is 0.944. The van der Waals surface area contributed by atoms with Gasteiger partial charge in [-0.3, -0.25) is 37.6 Å². The van der Waals surface area contributed by atoms with Gasteiger partial charge in [-0.2, -0.15) is 0 Å². The van der Waals surface area contributed by atoms with Crippen molar-refractivity contribution in [3.63, 3.8) is 0 Å².